The molecule has 0 saturated carbocycles. The van der Waals surface area contributed by atoms with Crippen molar-refractivity contribution < 1.29 is 36.6 Å². The van der Waals surface area contributed by atoms with E-state index in [1.54, 1.807) is 54.6 Å². The largest absolute Gasteiger partial charge is 0.490 e. The highest BCUT2D eigenvalue weighted by Crippen LogP contribution is 2.33. The lowest BCUT2D eigenvalue weighted by atomic mass is 9.94. The minimum atomic E-state index is -5.08. The predicted octanol–water partition coefficient (Wildman–Crippen LogP) is 5.43. The first-order valence-electron chi connectivity index (χ1n) is 9.70. The SMILES string of the molecule is CS(=O)(=O)c1cccc(-c2cccc([C@H](O)[C@H](N)c3ccc(Cl)c(Cl)c3)c2)c1.O=C(O)C(F)(F)F. The van der Waals surface area contributed by atoms with E-state index >= 15 is 0 Å². The van der Waals surface area contributed by atoms with Crippen molar-refractivity contribution >= 4 is 39.0 Å². The summed E-state index contributed by atoms with van der Waals surface area (Å²) in [5.74, 6) is -2.76. The van der Waals surface area contributed by atoms with E-state index in [1.165, 1.54) is 6.26 Å². The molecule has 6 nitrogen and oxygen atoms in total. The average Bonchev–Trinajstić information content (AvgIpc) is 2.79. The fourth-order valence-electron chi connectivity index (χ4n) is 2.92. The number of hydrogen-bond acceptors (Lipinski definition) is 5. The molecule has 0 saturated heterocycles. The first-order chi connectivity index (χ1) is 16.1. The predicted molar refractivity (Wildman–Crippen MR) is 127 cm³/mol. The number of aliphatic hydroxyl groups is 1. The van der Waals surface area contributed by atoms with Crippen molar-refractivity contribution in [1.29, 1.82) is 0 Å². The number of rotatable bonds is 5. The summed E-state index contributed by atoms with van der Waals surface area (Å²) in [7, 11) is -3.31. The molecule has 3 rings (SSSR count). The van der Waals surface area contributed by atoms with Gasteiger partial charge in [0.2, 0.25) is 0 Å². The number of alkyl halides is 3. The molecule has 3 aromatic rings. The number of carbonyl (C=O) groups is 1. The van der Waals surface area contributed by atoms with E-state index in [0.29, 0.717) is 21.2 Å². The average molecular weight is 550 g/mol. The Labute approximate surface area is 209 Å². The molecule has 35 heavy (non-hydrogen) atoms. The molecule has 0 aromatic heterocycles. The zero-order valence-electron chi connectivity index (χ0n) is 18.0. The first-order valence-corrected chi connectivity index (χ1v) is 12.3. The zero-order valence-corrected chi connectivity index (χ0v) is 20.3. The van der Waals surface area contributed by atoms with E-state index in [2.05, 4.69) is 0 Å². The number of carboxylic acid groups (broad SMARTS) is 1. The van der Waals surface area contributed by atoms with Crippen molar-refractivity contribution in [2.24, 2.45) is 5.73 Å². The van der Waals surface area contributed by atoms with Crippen LogP contribution in [0, 0.1) is 0 Å². The lowest BCUT2D eigenvalue weighted by Crippen LogP contribution is -2.21. The molecule has 3 aromatic carbocycles. The Kier molecular flexibility index (Phi) is 9.32. The smallest absolute Gasteiger partial charge is 0.475 e. The number of carboxylic acids is 1. The van der Waals surface area contributed by atoms with Gasteiger partial charge >= 0.3 is 12.1 Å². The van der Waals surface area contributed by atoms with Gasteiger partial charge in [-0.1, -0.05) is 59.6 Å². The highest BCUT2D eigenvalue weighted by Gasteiger charge is 2.38. The summed E-state index contributed by atoms with van der Waals surface area (Å²) in [5, 5.41) is 18.7. The molecule has 0 aliphatic carbocycles. The van der Waals surface area contributed by atoms with Crippen molar-refractivity contribution in [2.45, 2.75) is 23.2 Å². The second-order valence-corrected chi connectivity index (χ2v) is 10.2. The van der Waals surface area contributed by atoms with Gasteiger partial charge < -0.3 is 15.9 Å². The summed E-state index contributed by atoms with van der Waals surface area (Å²) in [6.45, 7) is 0. The molecule has 188 valence electrons. The maximum Gasteiger partial charge on any atom is 0.490 e. The summed E-state index contributed by atoms with van der Waals surface area (Å²) in [6, 6.07) is 18.2. The lowest BCUT2D eigenvalue weighted by Gasteiger charge is -2.21. The maximum absolute atomic E-state index is 11.8. The Morgan fingerprint density at radius 3 is 1.97 bits per heavy atom. The molecule has 4 N–H and O–H groups in total. The van der Waals surface area contributed by atoms with Gasteiger partial charge in [0.1, 0.15) is 0 Å². The second-order valence-electron chi connectivity index (χ2n) is 7.37. The van der Waals surface area contributed by atoms with Crippen LogP contribution in [0.1, 0.15) is 23.3 Å². The molecule has 12 heteroatoms. The number of aliphatic hydroxyl groups excluding tert-OH is 1. The number of hydrogen-bond donors (Lipinski definition) is 3. The van der Waals surface area contributed by atoms with Crippen molar-refractivity contribution in [2.75, 3.05) is 6.26 Å². The highest BCUT2D eigenvalue weighted by atomic mass is 35.5. The summed E-state index contributed by atoms with van der Waals surface area (Å²) in [4.78, 5) is 9.14. The molecule has 0 aliphatic heterocycles. The number of halogens is 5. The van der Waals surface area contributed by atoms with Crippen LogP contribution in [0.3, 0.4) is 0 Å². The van der Waals surface area contributed by atoms with E-state index in [0.717, 1.165) is 11.1 Å². The van der Waals surface area contributed by atoms with Gasteiger partial charge in [0.15, 0.2) is 9.84 Å². The van der Waals surface area contributed by atoms with Crippen LogP contribution in [0.25, 0.3) is 11.1 Å². The summed E-state index contributed by atoms with van der Waals surface area (Å²) >= 11 is 12.0. The van der Waals surface area contributed by atoms with Crippen LogP contribution in [0.15, 0.2) is 71.6 Å². The number of aliphatic carboxylic acids is 1. The van der Waals surface area contributed by atoms with Gasteiger partial charge in [-0.05, 0) is 52.6 Å². The molecule has 0 radical (unpaired) electrons. The van der Waals surface area contributed by atoms with Crippen LogP contribution in [0.4, 0.5) is 13.2 Å². The number of sulfone groups is 1. The molecular weight excluding hydrogens is 530 g/mol. The van der Waals surface area contributed by atoms with Crippen LogP contribution < -0.4 is 5.73 Å². The number of nitrogens with two attached hydrogens (primary N) is 1. The van der Waals surface area contributed by atoms with Gasteiger partial charge in [0.05, 0.1) is 27.1 Å². The minimum Gasteiger partial charge on any atom is -0.475 e. The van der Waals surface area contributed by atoms with Crippen LogP contribution in [-0.2, 0) is 14.6 Å². The van der Waals surface area contributed by atoms with Gasteiger partial charge in [0.25, 0.3) is 0 Å². The monoisotopic (exact) mass is 549 g/mol. The summed E-state index contributed by atoms with van der Waals surface area (Å²) in [5.41, 5.74) is 9.02. The topological polar surface area (TPSA) is 118 Å². The normalized spacial score (nSPS) is 13.4. The Hall–Kier alpha value is -2.63. The zero-order chi connectivity index (χ0) is 26.6. The van der Waals surface area contributed by atoms with E-state index < -0.39 is 34.1 Å². The van der Waals surface area contributed by atoms with E-state index in [1.807, 2.05) is 12.1 Å². The molecule has 0 heterocycles. The maximum atomic E-state index is 11.8. The van der Waals surface area contributed by atoms with Crippen LogP contribution in [-0.4, -0.2) is 37.0 Å². The standard InChI is InChI=1S/C21H19Cl2NO3S.C2HF3O2/c1-28(26,27)17-7-3-5-14(11-17)13-4-2-6-16(10-13)21(25)20(24)15-8-9-18(22)19(23)12-15;3-2(4,5)1(6)7/h2-12,20-21,25H,24H2,1H3;(H,6,7)/t20-,21+;/m1./s1. The first kappa shape index (κ1) is 28.6. The third kappa shape index (κ3) is 7.94. The summed E-state index contributed by atoms with van der Waals surface area (Å²) in [6.07, 6.45) is -4.89. The molecule has 2 atom stereocenters. The Morgan fingerprint density at radius 2 is 1.46 bits per heavy atom. The van der Waals surface area contributed by atoms with Crippen molar-refractivity contribution in [1.82, 2.24) is 0 Å². The molecular formula is C23H20Cl2F3NO5S. The fraction of sp³-hybridized carbons (Fsp3) is 0.174. The Balaban J connectivity index is 0.000000540. The van der Waals surface area contributed by atoms with Crippen molar-refractivity contribution in [3.05, 3.63) is 87.9 Å². The molecule has 0 spiro atoms. The second kappa shape index (κ2) is 11.4. The Bertz CT molecular complexity index is 1320. The molecule has 0 fully saturated rings. The van der Waals surface area contributed by atoms with Gasteiger partial charge in [-0.15, -0.1) is 0 Å². The third-order valence-corrected chi connectivity index (χ3v) is 6.58. The van der Waals surface area contributed by atoms with Crippen molar-refractivity contribution in [3.8, 4) is 11.1 Å². The van der Waals surface area contributed by atoms with Crippen molar-refractivity contribution in [3.63, 3.8) is 0 Å². The lowest BCUT2D eigenvalue weighted by molar-refractivity contribution is -0.192. The van der Waals surface area contributed by atoms with Gasteiger partial charge in [-0.25, -0.2) is 13.2 Å². The molecule has 0 unspecified atom stereocenters. The highest BCUT2D eigenvalue weighted by molar-refractivity contribution is 7.90. The quantitative estimate of drug-likeness (QED) is 0.390. The van der Waals surface area contributed by atoms with Crippen LogP contribution in [0.2, 0.25) is 10.0 Å². The van der Waals surface area contributed by atoms with Crippen LogP contribution >= 0.6 is 23.2 Å². The molecule has 0 bridgehead atoms. The van der Waals surface area contributed by atoms with E-state index in [9.17, 15) is 26.7 Å². The summed E-state index contributed by atoms with van der Waals surface area (Å²) < 4.78 is 55.4. The van der Waals surface area contributed by atoms with Gasteiger partial charge in [0, 0.05) is 6.26 Å². The van der Waals surface area contributed by atoms with E-state index in [-0.39, 0.29) is 4.90 Å². The minimum absolute atomic E-state index is 0.239. The van der Waals surface area contributed by atoms with Crippen LogP contribution in [0.5, 0.6) is 0 Å². The van der Waals surface area contributed by atoms with E-state index in [4.69, 9.17) is 38.8 Å². The fourth-order valence-corrected chi connectivity index (χ4v) is 3.89. The molecule has 0 amide bonds. The third-order valence-electron chi connectivity index (χ3n) is 4.73. The Morgan fingerprint density at radius 1 is 0.914 bits per heavy atom. The number of benzene rings is 3. The van der Waals surface area contributed by atoms with Gasteiger partial charge in [-0.3, -0.25) is 0 Å². The van der Waals surface area contributed by atoms with Gasteiger partial charge in [-0.2, -0.15) is 13.2 Å². The molecule has 0 aliphatic rings.